The Morgan fingerprint density at radius 3 is 2.71 bits per heavy atom. The Bertz CT molecular complexity index is 390. The number of hydrogen-bond acceptors (Lipinski definition) is 1. The van der Waals surface area contributed by atoms with Gasteiger partial charge >= 0.3 is 0 Å². The van der Waals surface area contributed by atoms with Gasteiger partial charge in [0.2, 0.25) is 0 Å². The van der Waals surface area contributed by atoms with Crippen molar-refractivity contribution in [3.8, 4) is 0 Å². The lowest BCUT2D eigenvalue weighted by Gasteiger charge is -2.05. The van der Waals surface area contributed by atoms with Crippen LogP contribution in [0.25, 0.3) is 0 Å². The summed E-state index contributed by atoms with van der Waals surface area (Å²) in [6.07, 6.45) is 0. The Labute approximate surface area is 101 Å². The zero-order valence-electron chi connectivity index (χ0n) is 7.60. The molecule has 14 heavy (non-hydrogen) atoms. The summed E-state index contributed by atoms with van der Waals surface area (Å²) in [7, 11) is 0. The van der Waals surface area contributed by atoms with Gasteiger partial charge in [-0.05, 0) is 47.2 Å². The van der Waals surface area contributed by atoms with Crippen molar-refractivity contribution < 1.29 is 4.79 Å². The first kappa shape index (κ1) is 11.5. The molecular formula is C10H9ClINO. The van der Waals surface area contributed by atoms with Gasteiger partial charge < -0.3 is 5.32 Å². The van der Waals surface area contributed by atoms with Gasteiger partial charge in [-0.15, -0.1) is 0 Å². The standard InChI is InChI=1S/C10H9ClINO/c1-6-3-4-8(5-9(6)12)13-10(14)7(2)11/h3-5H,2H2,1H3,(H,13,14). The molecule has 0 saturated heterocycles. The maximum absolute atomic E-state index is 11.2. The number of amides is 1. The number of anilines is 1. The molecule has 1 aromatic rings. The molecule has 1 rings (SSSR count). The van der Waals surface area contributed by atoms with Crippen molar-refractivity contribution >= 4 is 45.8 Å². The van der Waals surface area contributed by atoms with Crippen LogP contribution in [0.4, 0.5) is 5.69 Å². The summed E-state index contributed by atoms with van der Waals surface area (Å²) in [5.74, 6) is -0.369. The molecule has 0 aliphatic rings. The van der Waals surface area contributed by atoms with E-state index < -0.39 is 0 Å². The summed E-state index contributed by atoms with van der Waals surface area (Å²) in [4.78, 5) is 11.2. The molecule has 0 aromatic heterocycles. The first-order valence-corrected chi connectivity index (χ1v) is 5.38. The van der Waals surface area contributed by atoms with Crippen LogP contribution in [-0.2, 0) is 4.79 Å². The van der Waals surface area contributed by atoms with Crippen LogP contribution in [0.1, 0.15) is 5.56 Å². The summed E-state index contributed by atoms with van der Waals surface area (Å²) in [6.45, 7) is 5.35. The van der Waals surface area contributed by atoms with E-state index >= 15 is 0 Å². The Balaban J connectivity index is 2.83. The predicted octanol–water partition coefficient (Wildman–Crippen LogP) is 3.29. The quantitative estimate of drug-likeness (QED) is 0.657. The topological polar surface area (TPSA) is 29.1 Å². The smallest absolute Gasteiger partial charge is 0.266 e. The highest BCUT2D eigenvalue weighted by Crippen LogP contribution is 2.17. The maximum Gasteiger partial charge on any atom is 0.266 e. The molecule has 0 aliphatic carbocycles. The lowest BCUT2D eigenvalue weighted by Crippen LogP contribution is -2.10. The van der Waals surface area contributed by atoms with Gasteiger partial charge in [0, 0.05) is 9.26 Å². The van der Waals surface area contributed by atoms with Crippen LogP contribution < -0.4 is 5.32 Å². The third kappa shape index (κ3) is 2.99. The zero-order valence-corrected chi connectivity index (χ0v) is 10.5. The fourth-order valence-electron chi connectivity index (χ4n) is 0.870. The minimum absolute atomic E-state index is 0.0133. The second-order valence-corrected chi connectivity index (χ2v) is 4.44. The Kier molecular flexibility index (Phi) is 3.95. The summed E-state index contributed by atoms with van der Waals surface area (Å²) < 4.78 is 1.10. The largest absolute Gasteiger partial charge is 0.321 e. The van der Waals surface area contributed by atoms with Crippen molar-refractivity contribution in [3.63, 3.8) is 0 Å². The molecule has 0 unspecified atom stereocenters. The molecule has 0 heterocycles. The van der Waals surface area contributed by atoms with Gasteiger partial charge in [0.25, 0.3) is 5.91 Å². The van der Waals surface area contributed by atoms with Crippen molar-refractivity contribution in [3.05, 3.63) is 38.9 Å². The van der Waals surface area contributed by atoms with E-state index in [1.165, 1.54) is 5.56 Å². The first-order valence-electron chi connectivity index (χ1n) is 3.92. The molecule has 0 atom stereocenters. The summed E-state index contributed by atoms with van der Waals surface area (Å²) in [5, 5.41) is 2.62. The molecule has 0 bridgehead atoms. The lowest BCUT2D eigenvalue weighted by atomic mass is 10.2. The summed E-state index contributed by atoms with van der Waals surface area (Å²) in [6, 6.07) is 5.65. The van der Waals surface area contributed by atoms with Gasteiger partial charge in [-0.2, -0.15) is 0 Å². The molecule has 1 N–H and O–H groups in total. The van der Waals surface area contributed by atoms with Crippen LogP contribution in [0.3, 0.4) is 0 Å². The minimum Gasteiger partial charge on any atom is -0.321 e. The normalized spacial score (nSPS) is 9.64. The van der Waals surface area contributed by atoms with E-state index in [0.717, 1.165) is 9.26 Å². The molecule has 4 heteroatoms. The molecule has 1 aromatic carbocycles. The third-order valence-corrected chi connectivity index (χ3v) is 3.01. The number of carbonyl (C=O) groups is 1. The molecule has 2 nitrogen and oxygen atoms in total. The number of halogens is 2. The van der Waals surface area contributed by atoms with Crippen LogP contribution >= 0.6 is 34.2 Å². The number of nitrogens with one attached hydrogen (secondary N) is 1. The highest BCUT2D eigenvalue weighted by atomic mass is 127. The SMILES string of the molecule is C=C(Cl)C(=O)Nc1ccc(C)c(I)c1. The molecule has 0 aliphatic heterocycles. The van der Waals surface area contributed by atoms with E-state index in [9.17, 15) is 4.79 Å². The second kappa shape index (κ2) is 4.79. The average Bonchev–Trinajstić information content (AvgIpc) is 2.11. The average molecular weight is 322 g/mol. The Morgan fingerprint density at radius 1 is 1.57 bits per heavy atom. The molecular weight excluding hydrogens is 312 g/mol. The number of hydrogen-bond donors (Lipinski definition) is 1. The van der Waals surface area contributed by atoms with Crippen LogP contribution in [0.15, 0.2) is 29.8 Å². The van der Waals surface area contributed by atoms with Crippen molar-refractivity contribution in [2.75, 3.05) is 5.32 Å². The predicted molar refractivity (Wildman–Crippen MR) is 67.5 cm³/mol. The van der Waals surface area contributed by atoms with Gasteiger partial charge in [0.1, 0.15) is 0 Å². The first-order chi connectivity index (χ1) is 6.50. The van der Waals surface area contributed by atoms with Gasteiger partial charge in [-0.1, -0.05) is 24.2 Å². The second-order valence-electron chi connectivity index (χ2n) is 2.82. The van der Waals surface area contributed by atoms with E-state index in [1.54, 1.807) is 0 Å². The molecule has 1 amide bonds. The van der Waals surface area contributed by atoms with Crippen LogP contribution in [0.5, 0.6) is 0 Å². The Morgan fingerprint density at radius 2 is 2.21 bits per heavy atom. The third-order valence-electron chi connectivity index (χ3n) is 1.68. The number of carbonyl (C=O) groups excluding carboxylic acids is 1. The molecule has 0 radical (unpaired) electrons. The number of aryl methyl sites for hydroxylation is 1. The number of rotatable bonds is 2. The molecule has 0 fully saturated rings. The van der Waals surface area contributed by atoms with E-state index in [4.69, 9.17) is 11.6 Å². The molecule has 0 spiro atoms. The highest BCUT2D eigenvalue weighted by Gasteiger charge is 2.04. The van der Waals surface area contributed by atoms with Crippen molar-refractivity contribution in [1.82, 2.24) is 0 Å². The van der Waals surface area contributed by atoms with E-state index in [1.807, 2.05) is 25.1 Å². The molecule has 74 valence electrons. The van der Waals surface area contributed by atoms with Crippen LogP contribution in [-0.4, -0.2) is 5.91 Å². The fraction of sp³-hybridized carbons (Fsp3) is 0.100. The van der Waals surface area contributed by atoms with Crippen LogP contribution in [0.2, 0.25) is 0 Å². The van der Waals surface area contributed by atoms with E-state index in [2.05, 4.69) is 34.5 Å². The lowest BCUT2D eigenvalue weighted by molar-refractivity contribution is -0.112. The summed E-state index contributed by atoms with van der Waals surface area (Å²) in [5.41, 5.74) is 1.90. The highest BCUT2D eigenvalue weighted by molar-refractivity contribution is 14.1. The zero-order chi connectivity index (χ0) is 10.7. The monoisotopic (exact) mass is 321 g/mol. The van der Waals surface area contributed by atoms with E-state index in [-0.39, 0.29) is 10.9 Å². The van der Waals surface area contributed by atoms with Crippen molar-refractivity contribution in [1.29, 1.82) is 0 Å². The maximum atomic E-state index is 11.2. The summed E-state index contributed by atoms with van der Waals surface area (Å²) >= 11 is 7.65. The van der Waals surface area contributed by atoms with Crippen LogP contribution in [0, 0.1) is 10.5 Å². The fourth-order valence-corrected chi connectivity index (χ4v) is 1.43. The Hall–Kier alpha value is -0.550. The van der Waals surface area contributed by atoms with Gasteiger partial charge in [0.05, 0.1) is 5.03 Å². The van der Waals surface area contributed by atoms with Gasteiger partial charge in [-0.3, -0.25) is 4.79 Å². The molecule has 0 saturated carbocycles. The number of benzene rings is 1. The van der Waals surface area contributed by atoms with Crippen molar-refractivity contribution in [2.45, 2.75) is 6.92 Å². The van der Waals surface area contributed by atoms with E-state index in [0.29, 0.717) is 0 Å². The minimum atomic E-state index is -0.369. The van der Waals surface area contributed by atoms with Gasteiger partial charge in [-0.25, -0.2) is 0 Å². The van der Waals surface area contributed by atoms with Crippen molar-refractivity contribution in [2.24, 2.45) is 0 Å². The van der Waals surface area contributed by atoms with Gasteiger partial charge in [0.15, 0.2) is 0 Å².